The van der Waals surface area contributed by atoms with Crippen LogP contribution in [-0.2, 0) is 29.5 Å². The van der Waals surface area contributed by atoms with Crippen LogP contribution in [0.5, 0.6) is 0 Å². The summed E-state index contributed by atoms with van der Waals surface area (Å²) in [4.78, 5) is 32.1. The van der Waals surface area contributed by atoms with Crippen LogP contribution < -0.4 is 10.6 Å². The molecule has 1 spiro atoms. The summed E-state index contributed by atoms with van der Waals surface area (Å²) >= 11 is 0. The van der Waals surface area contributed by atoms with Crippen LogP contribution in [0.15, 0.2) is 85.1 Å². The van der Waals surface area contributed by atoms with E-state index in [4.69, 9.17) is 0 Å². The molecule has 39 heavy (non-hydrogen) atoms. The molecular formula is C33H36N4O2. The Hall–Kier alpha value is -4.06. The SMILES string of the molecule is O=C(NCCc1ccccc1)[C@H](Cc1c[nH]c2ccccc12)NC(=O)N1CCC2(CCc3ccccc32)CC1. The van der Waals surface area contributed by atoms with Crippen LogP contribution in [0.1, 0.15) is 41.5 Å². The van der Waals surface area contributed by atoms with Gasteiger partial charge < -0.3 is 20.5 Å². The summed E-state index contributed by atoms with van der Waals surface area (Å²) in [6, 6.07) is 26.1. The predicted molar refractivity (Wildman–Crippen MR) is 155 cm³/mol. The summed E-state index contributed by atoms with van der Waals surface area (Å²) in [5, 5.41) is 7.24. The van der Waals surface area contributed by atoms with Crippen LogP contribution in [0.3, 0.4) is 0 Å². The highest BCUT2D eigenvalue weighted by Crippen LogP contribution is 2.46. The maximum Gasteiger partial charge on any atom is 0.318 e. The number of aromatic amines is 1. The van der Waals surface area contributed by atoms with E-state index in [1.54, 1.807) is 0 Å². The van der Waals surface area contributed by atoms with Gasteiger partial charge in [-0.1, -0.05) is 72.8 Å². The molecule has 200 valence electrons. The van der Waals surface area contributed by atoms with Gasteiger partial charge in [0.15, 0.2) is 0 Å². The third kappa shape index (κ3) is 5.29. The van der Waals surface area contributed by atoms with Crippen molar-refractivity contribution in [2.45, 2.75) is 50.0 Å². The Morgan fingerprint density at radius 3 is 2.49 bits per heavy atom. The average Bonchev–Trinajstić information content (AvgIpc) is 3.55. The van der Waals surface area contributed by atoms with Gasteiger partial charge >= 0.3 is 6.03 Å². The molecule has 4 aromatic rings. The molecule has 6 rings (SSSR count). The van der Waals surface area contributed by atoms with Crippen molar-refractivity contribution >= 4 is 22.8 Å². The van der Waals surface area contributed by atoms with Gasteiger partial charge in [-0.25, -0.2) is 4.79 Å². The van der Waals surface area contributed by atoms with E-state index in [2.05, 4.69) is 58.1 Å². The summed E-state index contributed by atoms with van der Waals surface area (Å²) in [6.45, 7) is 1.93. The van der Waals surface area contributed by atoms with Crippen molar-refractivity contribution in [2.24, 2.45) is 0 Å². The molecule has 0 saturated carbocycles. The number of fused-ring (bicyclic) bond motifs is 3. The number of nitrogens with zero attached hydrogens (tertiary/aromatic N) is 1. The highest BCUT2D eigenvalue weighted by Gasteiger charge is 2.42. The molecular weight excluding hydrogens is 484 g/mol. The molecule has 6 heteroatoms. The number of H-pyrrole nitrogens is 1. The van der Waals surface area contributed by atoms with Gasteiger partial charge in [0.25, 0.3) is 0 Å². The van der Waals surface area contributed by atoms with Gasteiger partial charge in [0.2, 0.25) is 5.91 Å². The number of para-hydroxylation sites is 1. The Morgan fingerprint density at radius 2 is 1.64 bits per heavy atom. The summed E-state index contributed by atoms with van der Waals surface area (Å²) in [6.07, 6.45) is 7.34. The van der Waals surface area contributed by atoms with Gasteiger partial charge in [-0.2, -0.15) is 0 Å². The number of aromatic nitrogens is 1. The molecule has 0 radical (unpaired) electrons. The molecule has 2 aliphatic rings. The Bertz CT molecular complexity index is 1450. The van der Waals surface area contributed by atoms with E-state index in [-0.39, 0.29) is 17.4 Å². The van der Waals surface area contributed by atoms with E-state index in [1.807, 2.05) is 47.5 Å². The third-order valence-corrected chi connectivity index (χ3v) is 8.74. The molecule has 0 unspecified atom stereocenters. The smallest absolute Gasteiger partial charge is 0.318 e. The molecule has 3 N–H and O–H groups in total. The third-order valence-electron chi connectivity index (χ3n) is 8.74. The number of piperidine rings is 1. The maximum atomic E-state index is 13.5. The Morgan fingerprint density at radius 1 is 0.897 bits per heavy atom. The molecule has 1 saturated heterocycles. The van der Waals surface area contributed by atoms with Crippen LogP contribution in [0.2, 0.25) is 0 Å². The van der Waals surface area contributed by atoms with E-state index in [0.29, 0.717) is 26.1 Å². The molecule has 1 fully saturated rings. The number of carbonyl (C=O) groups excluding carboxylic acids is 2. The lowest BCUT2D eigenvalue weighted by Crippen LogP contribution is -2.54. The molecule has 3 amide bonds. The van der Waals surface area contributed by atoms with Crippen molar-refractivity contribution in [3.8, 4) is 0 Å². The fourth-order valence-corrected chi connectivity index (χ4v) is 6.49. The molecule has 3 aromatic carbocycles. The van der Waals surface area contributed by atoms with Crippen LogP contribution in [0, 0.1) is 0 Å². The first-order chi connectivity index (χ1) is 19.1. The number of amides is 3. The molecule has 1 aliphatic heterocycles. The van der Waals surface area contributed by atoms with Crippen LogP contribution >= 0.6 is 0 Å². The van der Waals surface area contributed by atoms with Crippen LogP contribution in [0.25, 0.3) is 10.9 Å². The Kier molecular flexibility index (Phi) is 7.10. The minimum absolute atomic E-state index is 0.150. The normalized spacial score (nSPS) is 16.7. The quantitative estimate of drug-likeness (QED) is 0.316. The second-order valence-electron chi connectivity index (χ2n) is 11.0. The number of hydrogen-bond acceptors (Lipinski definition) is 2. The summed E-state index contributed by atoms with van der Waals surface area (Å²) in [5.41, 5.74) is 6.34. The zero-order valence-corrected chi connectivity index (χ0v) is 22.3. The first-order valence-corrected chi connectivity index (χ1v) is 14.1. The van der Waals surface area contributed by atoms with E-state index < -0.39 is 6.04 Å². The standard InChI is InChI=1S/C33H36N4O2/c38-31(34-19-15-24-8-2-1-3-9-24)30(22-26-23-35-29-13-7-5-11-27(26)29)36-32(39)37-20-17-33(18-21-37)16-14-25-10-4-6-12-28(25)33/h1-13,23,30,35H,14-22H2,(H,34,38)(H,36,39)/t30-/m0/s1. The highest BCUT2D eigenvalue weighted by atomic mass is 16.2. The Labute approximate surface area is 229 Å². The predicted octanol–water partition coefficient (Wildman–Crippen LogP) is 5.13. The van der Waals surface area contributed by atoms with Crippen molar-refractivity contribution in [1.82, 2.24) is 20.5 Å². The van der Waals surface area contributed by atoms with E-state index in [1.165, 1.54) is 16.7 Å². The number of urea groups is 1. The lowest BCUT2D eigenvalue weighted by molar-refractivity contribution is -0.122. The molecule has 2 heterocycles. The van der Waals surface area contributed by atoms with E-state index in [0.717, 1.165) is 48.6 Å². The monoisotopic (exact) mass is 520 g/mol. The maximum absolute atomic E-state index is 13.5. The number of carbonyl (C=O) groups is 2. The van der Waals surface area contributed by atoms with Crippen molar-refractivity contribution in [3.05, 3.63) is 107 Å². The zero-order chi connectivity index (χ0) is 26.7. The molecule has 1 aromatic heterocycles. The van der Waals surface area contributed by atoms with Gasteiger partial charge in [0.1, 0.15) is 6.04 Å². The van der Waals surface area contributed by atoms with Gasteiger partial charge in [0.05, 0.1) is 0 Å². The fraction of sp³-hybridized carbons (Fsp3) is 0.333. The first kappa shape index (κ1) is 25.2. The van der Waals surface area contributed by atoms with Crippen molar-refractivity contribution < 1.29 is 9.59 Å². The highest BCUT2D eigenvalue weighted by molar-refractivity contribution is 5.89. The van der Waals surface area contributed by atoms with E-state index >= 15 is 0 Å². The zero-order valence-electron chi connectivity index (χ0n) is 22.3. The van der Waals surface area contributed by atoms with Crippen molar-refractivity contribution in [2.75, 3.05) is 19.6 Å². The van der Waals surface area contributed by atoms with Gasteiger partial charge in [-0.3, -0.25) is 4.79 Å². The number of hydrogen-bond donors (Lipinski definition) is 3. The van der Waals surface area contributed by atoms with E-state index in [9.17, 15) is 9.59 Å². The number of nitrogens with one attached hydrogen (secondary N) is 3. The molecule has 1 aliphatic carbocycles. The minimum atomic E-state index is -0.657. The number of aryl methyl sites for hydroxylation is 1. The van der Waals surface area contributed by atoms with Gasteiger partial charge in [-0.15, -0.1) is 0 Å². The molecule has 0 bridgehead atoms. The second kappa shape index (κ2) is 11.0. The minimum Gasteiger partial charge on any atom is -0.361 e. The number of rotatable bonds is 7. The largest absolute Gasteiger partial charge is 0.361 e. The van der Waals surface area contributed by atoms with Crippen molar-refractivity contribution in [3.63, 3.8) is 0 Å². The summed E-state index contributed by atoms with van der Waals surface area (Å²) in [7, 11) is 0. The first-order valence-electron chi connectivity index (χ1n) is 14.1. The fourth-order valence-electron chi connectivity index (χ4n) is 6.49. The molecule has 6 nitrogen and oxygen atoms in total. The van der Waals surface area contributed by atoms with Crippen LogP contribution in [0.4, 0.5) is 4.79 Å². The topological polar surface area (TPSA) is 77.2 Å². The number of benzene rings is 3. The lowest BCUT2D eigenvalue weighted by Gasteiger charge is -2.40. The molecule has 1 atom stereocenters. The Balaban J connectivity index is 1.13. The lowest BCUT2D eigenvalue weighted by atomic mass is 9.74. The van der Waals surface area contributed by atoms with Crippen LogP contribution in [-0.4, -0.2) is 47.5 Å². The summed E-state index contributed by atoms with van der Waals surface area (Å²) in [5.74, 6) is -0.150. The van der Waals surface area contributed by atoms with Gasteiger partial charge in [0, 0.05) is 43.2 Å². The number of likely N-dealkylation sites (tertiary alicyclic amines) is 1. The van der Waals surface area contributed by atoms with Gasteiger partial charge in [-0.05, 0) is 65.8 Å². The average molecular weight is 521 g/mol. The summed E-state index contributed by atoms with van der Waals surface area (Å²) < 4.78 is 0. The second-order valence-corrected chi connectivity index (χ2v) is 11.0. The van der Waals surface area contributed by atoms with Crippen molar-refractivity contribution in [1.29, 1.82) is 0 Å².